The van der Waals surface area contributed by atoms with Crippen LogP contribution in [0.1, 0.15) is 11.3 Å². The summed E-state index contributed by atoms with van der Waals surface area (Å²) in [6.45, 7) is 2.42. The SMILES string of the molecule is COc1ccc(/C=C/C(=O)NCCn2nc([N+](=O)[O-])cc2C)cc1. The molecule has 1 heterocycles. The highest BCUT2D eigenvalue weighted by Crippen LogP contribution is 2.12. The lowest BCUT2D eigenvalue weighted by atomic mass is 10.2. The number of rotatable bonds is 7. The van der Waals surface area contributed by atoms with Gasteiger partial charge in [0.1, 0.15) is 5.75 Å². The molecule has 1 aromatic carbocycles. The second kappa shape index (κ2) is 7.91. The Balaban J connectivity index is 1.82. The molecule has 0 unspecified atom stereocenters. The van der Waals surface area contributed by atoms with Gasteiger partial charge in [0.05, 0.1) is 30.5 Å². The molecule has 0 aliphatic rings. The normalized spacial score (nSPS) is 10.8. The molecule has 0 radical (unpaired) electrons. The van der Waals surface area contributed by atoms with Crippen molar-refractivity contribution >= 4 is 17.8 Å². The number of aryl methyl sites for hydroxylation is 1. The van der Waals surface area contributed by atoms with Crippen LogP contribution in [0.5, 0.6) is 5.75 Å². The predicted octanol–water partition coefficient (Wildman–Crippen LogP) is 1.94. The summed E-state index contributed by atoms with van der Waals surface area (Å²) in [5.41, 5.74) is 1.55. The van der Waals surface area contributed by atoms with Crippen LogP contribution in [0.3, 0.4) is 0 Å². The number of carbonyl (C=O) groups is 1. The molecule has 0 spiro atoms. The summed E-state index contributed by atoms with van der Waals surface area (Å²) >= 11 is 0. The van der Waals surface area contributed by atoms with Gasteiger partial charge in [-0.1, -0.05) is 12.1 Å². The van der Waals surface area contributed by atoms with Gasteiger partial charge in [0.15, 0.2) is 0 Å². The second-order valence-corrected chi connectivity index (χ2v) is 5.02. The van der Waals surface area contributed by atoms with Gasteiger partial charge >= 0.3 is 5.82 Å². The first-order chi connectivity index (χ1) is 11.5. The van der Waals surface area contributed by atoms with Gasteiger partial charge in [0, 0.05) is 12.6 Å². The van der Waals surface area contributed by atoms with Crippen molar-refractivity contribution in [3.05, 3.63) is 57.8 Å². The zero-order valence-corrected chi connectivity index (χ0v) is 13.4. The van der Waals surface area contributed by atoms with E-state index in [9.17, 15) is 14.9 Å². The summed E-state index contributed by atoms with van der Waals surface area (Å²) in [6, 6.07) is 8.70. The molecule has 1 aromatic heterocycles. The van der Waals surface area contributed by atoms with Crippen LogP contribution in [0.15, 0.2) is 36.4 Å². The molecule has 0 aliphatic heterocycles. The third-order valence-electron chi connectivity index (χ3n) is 3.32. The Morgan fingerprint density at radius 2 is 2.12 bits per heavy atom. The van der Waals surface area contributed by atoms with Crippen molar-refractivity contribution in [2.75, 3.05) is 13.7 Å². The van der Waals surface area contributed by atoms with Crippen LogP contribution in [0, 0.1) is 17.0 Å². The van der Waals surface area contributed by atoms with Crippen molar-refractivity contribution in [3.8, 4) is 5.75 Å². The van der Waals surface area contributed by atoms with Crippen molar-refractivity contribution < 1.29 is 14.5 Å². The lowest BCUT2D eigenvalue weighted by Gasteiger charge is -2.02. The topological polar surface area (TPSA) is 99.3 Å². The van der Waals surface area contributed by atoms with E-state index < -0.39 is 4.92 Å². The fraction of sp³-hybridized carbons (Fsp3) is 0.250. The number of methoxy groups -OCH3 is 1. The van der Waals surface area contributed by atoms with Crippen LogP contribution in [0.2, 0.25) is 0 Å². The molecule has 2 rings (SSSR count). The highest BCUT2D eigenvalue weighted by Gasteiger charge is 2.14. The maximum atomic E-state index is 11.8. The van der Waals surface area contributed by atoms with Gasteiger partial charge in [0.2, 0.25) is 5.91 Å². The van der Waals surface area contributed by atoms with Crippen LogP contribution < -0.4 is 10.1 Å². The Morgan fingerprint density at radius 1 is 1.42 bits per heavy atom. The summed E-state index contributed by atoms with van der Waals surface area (Å²) in [5, 5.41) is 17.2. The van der Waals surface area contributed by atoms with Crippen molar-refractivity contribution in [1.29, 1.82) is 0 Å². The quantitative estimate of drug-likeness (QED) is 0.475. The molecular formula is C16H18N4O4. The summed E-state index contributed by atoms with van der Waals surface area (Å²) in [5.74, 6) is 0.309. The highest BCUT2D eigenvalue weighted by molar-refractivity contribution is 5.91. The van der Waals surface area contributed by atoms with Crippen molar-refractivity contribution in [2.45, 2.75) is 13.5 Å². The molecule has 24 heavy (non-hydrogen) atoms. The van der Waals surface area contributed by atoms with E-state index in [-0.39, 0.29) is 11.7 Å². The first-order valence-corrected chi connectivity index (χ1v) is 7.28. The van der Waals surface area contributed by atoms with Gasteiger partial charge in [-0.15, -0.1) is 0 Å². The molecule has 1 amide bonds. The van der Waals surface area contributed by atoms with E-state index in [1.165, 1.54) is 16.8 Å². The van der Waals surface area contributed by atoms with E-state index in [1.807, 2.05) is 24.3 Å². The Kier molecular flexibility index (Phi) is 5.67. The maximum Gasteiger partial charge on any atom is 0.390 e. The molecule has 0 saturated carbocycles. The summed E-state index contributed by atoms with van der Waals surface area (Å²) < 4.78 is 6.55. The van der Waals surface area contributed by atoms with Crippen LogP contribution in [0.25, 0.3) is 6.08 Å². The number of nitrogens with one attached hydrogen (secondary N) is 1. The van der Waals surface area contributed by atoms with Crippen molar-refractivity contribution in [2.24, 2.45) is 0 Å². The van der Waals surface area contributed by atoms with Gasteiger partial charge in [-0.05, 0) is 35.6 Å². The number of aromatic nitrogens is 2. The molecule has 1 N–H and O–H groups in total. The monoisotopic (exact) mass is 330 g/mol. The van der Waals surface area contributed by atoms with E-state index in [0.29, 0.717) is 18.8 Å². The Bertz CT molecular complexity index is 750. The predicted molar refractivity (Wildman–Crippen MR) is 88.7 cm³/mol. The number of hydrogen-bond donors (Lipinski definition) is 1. The van der Waals surface area contributed by atoms with Gasteiger partial charge in [-0.25, -0.2) is 0 Å². The van der Waals surface area contributed by atoms with Crippen molar-refractivity contribution in [1.82, 2.24) is 15.1 Å². The summed E-state index contributed by atoms with van der Waals surface area (Å²) in [7, 11) is 1.59. The summed E-state index contributed by atoms with van der Waals surface area (Å²) in [4.78, 5) is 21.9. The molecule has 0 bridgehead atoms. The Labute approximate surface area is 138 Å². The maximum absolute atomic E-state index is 11.8. The first kappa shape index (κ1) is 17.2. The lowest BCUT2D eigenvalue weighted by Crippen LogP contribution is -2.26. The zero-order valence-electron chi connectivity index (χ0n) is 13.4. The highest BCUT2D eigenvalue weighted by atomic mass is 16.6. The summed E-state index contributed by atoms with van der Waals surface area (Å²) in [6.07, 6.45) is 3.12. The molecule has 0 aliphatic carbocycles. The fourth-order valence-corrected chi connectivity index (χ4v) is 2.04. The van der Waals surface area contributed by atoms with E-state index in [2.05, 4.69) is 10.4 Å². The van der Waals surface area contributed by atoms with Crippen LogP contribution >= 0.6 is 0 Å². The van der Waals surface area contributed by atoms with Gasteiger partial charge < -0.3 is 20.2 Å². The number of nitrogens with zero attached hydrogens (tertiary/aromatic N) is 3. The molecule has 8 nitrogen and oxygen atoms in total. The van der Waals surface area contributed by atoms with E-state index in [1.54, 1.807) is 20.1 Å². The molecule has 0 saturated heterocycles. The number of ether oxygens (including phenoxy) is 1. The van der Waals surface area contributed by atoms with Gasteiger partial charge in [0.25, 0.3) is 0 Å². The second-order valence-electron chi connectivity index (χ2n) is 5.02. The third kappa shape index (κ3) is 4.67. The van der Waals surface area contributed by atoms with Gasteiger partial charge in [-0.3, -0.25) is 4.79 Å². The lowest BCUT2D eigenvalue weighted by molar-refractivity contribution is -0.389. The first-order valence-electron chi connectivity index (χ1n) is 7.28. The average Bonchev–Trinajstić information content (AvgIpc) is 2.95. The molecule has 2 aromatic rings. The van der Waals surface area contributed by atoms with Gasteiger partial charge in [-0.2, -0.15) is 4.68 Å². The number of amides is 1. The zero-order chi connectivity index (χ0) is 17.5. The molecule has 0 atom stereocenters. The van der Waals surface area contributed by atoms with Crippen LogP contribution in [0.4, 0.5) is 5.82 Å². The van der Waals surface area contributed by atoms with Crippen molar-refractivity contribution in [3.63, 3.8) is 0 Å². The number of carbonyl (C=O) groups excluding carboxylic acids is 1. The molecule has 126 valence electrons. The smallest absolute Gasteiger partial charge is 0.390 e. The number of nitro groups is 1. The van der Waals surface area contributed by atoms with E-state index in [0.717, 1.165) is 11.3 Å². The molecule has 0 fully saturated rings. The minimum atomic E-state index is -0.542. The Morgan fingerprint density at radius 3 is 2.71 bits per heavy atom. The minimum absolute atomic E-state index is 0.196. The van der Waals surface area contributed by atoms with Crippen LogP contribution in [-0.4, -0.2) is 34.3 Å². The molecule has 8 heteroatoms. The Hall–Kier alpha value is -3.16. The van der Waals surface area contributed by atoms with E-state index in [4.69, 9.17) is 4.74 Å². The minimum Gasteiger partial charge on any atom is -0.497 e. The van der Waals surface area contributed by atoms with E-state index >= 15 is 0 Å². The average molecular weight is 330 g/mol. The number of hydrogen-bond acceptors (Lipinski definition) is 5. The number of benzene rings is 1. The fourth-order valence-electron chi connectivity index (χ4n) is 2.04. The molecular weight excluding hydrogens is 312 g/mol. The standard InChI is InChI=1S/C16H18N4O4/c1-12-11-15(20(22)23)18-19(12)10-9-17-16(21)8-5-13-3-6-14(24-2)7-4-13/h3-8,11H,9-10H2,1-2H3,(H,17,21)/b8-5+. The largest absolute Gasteiger partial charge is 0.497 e. The third-order valence-corrected chi connectivity index (χ3v) is 3.32. The van der Waals surface area contributed by atoms with Crippen LogP contribution in [-0.2, 0) is 11.3 Å².